The average molecular weight is 653 g/mol. The Kier molecular flexibility index (Phi) is 7.59. The van der Waals surface area contributed by atoms with Gasteiger partial charge in [-0.2, -0.15) is 0 Å². The van der Waals surface area contributed by atoms with E-state index < -0.39 is 15.5 Å². The summed E-state index contributed by atoms with van der Waals surface area (Å²) in [5.74, 6) is 1.42. The number of fused-ring (bicyclic) bond motifs is 4. The maximum absolute atomic E-state index is 14.5. The van der Waals surface area contributed by atoms with E-state index in [-0.39, 0.29) is 11.5 Å². The van der Waals surface area contributed by atoms with Crippen molar-refractivity contribution in [2.45, 2.75) is 40.5 Å². The molecule has 0 bridgehead atoms. The SMILES string of the molecule is Cc1cccc2c1NP(=O)(Oc1cccc(OP3(=O)Nc4c(C)cccc4Cc4cccc(C)c4O3)c1)Oc1c(C)cccc1C2. The molecule has 2 atom stereocenters. The van der Waals surface area contributed by atoms with E-state index >= 15 is 0 Å². The van der Waals surface area contributed by atoms with Gasteiger partial charge in [0.05, 0.1) is 11.4 Å². The van der Waals surface area contributed by atoms with Crippen molar-refractivity contribution in [3.63, 3.8) is 0 Å². The van der Waals surface area contributed by atoms with Gasteiger partial charge < -0.3 is 18.1 Å². The molecule has 5 aromatic rings. The van der Waals surface area contributed by atoms with E-state index in [9.17, 15) is 9.13 Å². The van der Waals surface area contributed by atoms with E-state index in [2.05, 4.69) is 10.2 Å². The van der Waals surface area contributed by atoms with Crippen LogP contribution >= 0.6 is 15.5 Å². The molecule has 2 aliphatic rings. The monoisotopic (exact) mass is 652 g/mol. The summed E-state index contributed by atoms with van der Waals surface area (Å²) >= 11 is 0. The standard InChI is InChI=1S/C36H34N2O6P2/c1-23-10-5-14-27-20-29-16-7-12-25(3)35(29)43-45(39,37-33(23)27)41-31-18-9-19-32(22-31)42-46(40)38-34-24(2)11-6-15-28(34)21-30-17-8-13-26(4)36(30)44-46/h5-19,22H,20-21H2,1-4H3,(H,37,39)(H,38,40). The minimum absolute atomic E-state index is 0.200. The van der Waals surface area contributed by atoms with E-state index in [0.717, 1.165) is 44.5 Å². The highest BCUT2D eigenvalue weighted by Crippen LogP contribution is 2.55. The van der Waals surface area contributed by atoms with Gasteiger partial charge in [-0.25, -0.2) is 9.13 Å². The molecule has 0 aromatic heterocycles. The quantitative estimate of drug-likeness (QED) is 0.185. The van der Waals surface area contributed by atoms with Crippen molar-refractivity contribution in [3.8, 4) is 23.0 Å². The van der Waals surface area contributed by atoms with Crippen LogP contribution in [0.2, 0.25) is 0 Å². The molecule has 5 aromatic carbocycles. The zero-order chi connectivity index (χ0) is 32.1. The largest absolute Gasteiger partial charge is 0.541 e. The second-order valence-electron chi connectivity index (χ2n) is 11.8. The molecule has 2 unspecified atom stereocenters. The summed E-state index contributed by atoms with van der Waals surface area (Å²) in [6.45, 7) is 7.72. The number of anilines is 2. The van der Waals surface area contributed by atoms with Crippen molar-refractivity contribution in [2.24, 2.45) is 0 Å². The molecule has 2 heterocycles. The Morgan fingerprint density at radius 1 is 0.522 bits per heavy atom. The number of hydrogen-bond donors (Lipinski definition) is 2. The van der Waals surface area contributed by atoms with Crippen molar-refractivity contribution < 1.29 is 27.2 Å². The number of benzene rings is 5. The van der Waals surface area contributed by atoms with Gasteiger partial charge in [-0.1, -0.05) is 78.9 Å². The lowest BCUT2D eigenvalue weighted by Gasteiger charge is -2.28. The summed E-state index contributed by atoms with van der Waals surface area (Å²) < 4.78 is 53.7. The van der Waals surface area contributed by atoms with Crippen LogP contribution in [0.4, 0.5) is 11.4 Å². The van der Waals surface area contributed by atoms with Gasteiger partial charge in [-0.15, -0.1) is 0 Å². The van der Waals surface area contributed by atoms with Crippen molar-refractivity contribution >= 4 is 26.9 Å². The molecule has 0 saturated heterocycles. The topological polar surface area (TPSA) is 95.1 Å². The first-order valence-corrected chi connectivity index (χ1v) is 18.2. The summed E-state index contributed by atoms with van der Waals surface area (Å²) in [5, 5.41) is 6.19. The zero-order valence-corrected chi connectivity index (χ0v) is 27.8. The normalized spacial score (nSPS) is 19.7. The molecule has 2 N–H and O–H groups in total. The smallest absolute Gasteiger partial charge is 0.400 e. The Hall–Kier alpha value is -4.64. The lowest BCUT2D eigenvalue weighted by molar-refractivity contribution is 0.383. The van der Waals surface area contributed by atoms with Crippen LogP contribution in [-0.4, -0.2) is 0 Å². The maximum Gasteiger partial charge on any atom is 0.541 e. The Balaban J connectivity index is 1.24. The Morgan fingerprint density at radius 2 is 0.891 bits per heavy atom. The van der Waals surface area contributed by atoms with Gasteiger partial charge >= 0.3 is 15.5 Å². The molecule has 0 radical (unpaired) electrons. The van der Waals surface area contributed by atoms with Gasteiger partial charge in [0, 0.05) is 18.9 Å². The molecule has 2 aliphatic heterocycles. The number of aryl methyl sites for hydroxylation is 4. The predicted molar refractivity (Wildman–Crippen MR) is 182 cm³/mol. The summed E-state index contributed by atoms with van der Waals surface area (Å²) in [4.78, 5) is 0. The van der Waals surface area contributed by atoms with Crippen LogP contribution in [0.25, 0.3) is 0 Å². The zero-order valence-electron chi connectivity index (χ0n) is 26.0. The Bertz CT molecular complexity index is 1840. The fraction of sp³-hybridized carbons (Fsp3) is 0.167. The average Bonchev–Trinajstić information content (AvgIpc) is 2.99. The molecule has 0 fully saturated rings. The lowest BCUT2D eigenvalue weighted by atomic mass is 9.99. The van der Waals surface area contributed by atoms with Gasteiger partial charge in [-0.05, 0) is 84.3 Å². The minimum Gasteiger partial charge on any atom is -0.400 e. The second-order valence-corrected chi connectivity index (χ2v) is 14.9. The third-order valence-corrected chi connectivity index (χ3v) is 11.0. The molecular formula is C36H34N2O6P2. The van der Waals surface area contributed by atoms with Crippen molar-refractivity contribution in [2.75, 3.05) is 10.2 Å². The maximum atomic E-state index is 14.5. The summed E-state index contributed by atoms with van der Waals surface area (Å²) in [6, 6.07) is 30.0. The number of hydrogen-bond acceptors (Lipinski definition) is 6. The molecule has 0 spiro atoms. The van der Waals surface area contributed by atoms with Crippen LogP contribution < -0.4 is 28.3 Å². The molecule has 8 nitrogen and oxygen atoms in total. The molecule has 10 heteroatoms. The number of rotatable bonds is 4. The molecule has 0 saturated carbocycles. The van der Waals surface area contributed by atoms with Gasteiger partial charge in [0.25, 0.3) is 0 Å². The lowest BCUT2D eigenvalue weighted by Crippen LogP contribution is -2.16. The first-order valence-electron chi connectivity index (χ1n) is 15.1. The van der Waals surface area contributed by atoms with E-state index in [1.165, 1.54) is 6.07 Å². The third-order valence-electron chi connectivity index (χ3n) is 8.24. The van der Waals surface area contributed by atoms with Crippen LogP contribution in [0.3, 0.4) is 0 Å². The highest BCUT2D eigenvalue weighted by atomic mass is 31.2. The first-order chi connectivity index (χ1) is 22.1. The Morgan fingerprint density at radius 3 is 1.33 bits per heavy atom. The highest BCUT2D eigenvalue weighted by molar-refractivity contribution is 7.56. The predicted octanol–water partition coefficient (Wildman–Crippen LogP) is 10.1. The summed E-state index contributed by atoms with van der Waals surface area (Å²) in [5.41, 5.74) is 8.68. The van der Waals surface area contributed by atoms with E-state index in [0.29, 0.717) is 35.7 Å². The van der Waals surface area contributed by atoms with Crippen molar-refractivity contribution in [1.82, 2.24) is 0 Å². The first kappa shape index (κ1) is 30.0. The van der Waals surface area contributed by atoms with Gasteiger partial charge in [0.15, 0.2) is 0 Å². The van der Waals surface area contributed by atoms with E-state index in [1.807, 2.05) is 100 Å². The van der Waals surface area contributed by atoms with E-state index in [1.54, 1.807) is 18.2 Å². The fourth-order valence-electron chi connectivity index (χ4n) is 5.96. The molecule has 7 rings (SSSR count). The molecule has 234 valence electrons. The Labute approximate surface area is 268 Å². The van der Waals surface area contributed by atoms with Gasteiger partial charge in [0.1, 0.15) is 23.0 Å². The second kappa shape index (κ2) is 11.6. The summed E-state index contributed by atoms with van der Waals surface area (Å²) in [6.07, 6.45) is 1.22. The van der Waals surface area contributed by atoms with E-state index in [4.69, 9.17) is 18.1 Å². The van der Waals surface area contributed by atoms with Crippen LogP contribution in [-0.2, 0) is 22.0 Å². The minimum atomic E-state index is -4.04. The van der Waals surface area contributed by atoms with Crippen LogP contribution in [0.5, 0.6) is 23.0 Å². The van der Waals surface area contributed by atoms with Crippen LogP contribution in [0.1, 0.15) is 44.5 Å². The number of nitrogens with one attached hydrogen (secondary N) is 2. The molecular weight excluding hydrogens is 618 g/mol. The van der Waals surface area contributed by atoms with Crippen LogP contribution in [0, 0.1) is 27.7 Å². The highest BCUT2D eigenvalue weighted by Gasteiger charge is 2.36. The van der Waals surface area contributed by atoms with Gasteiger partial charge in [0.2, 0.25) is 0 Å². The number of para-hydroxylation sites is 4. The third kappa shape index (κ3) is 5.87. The summed E-state index contributed by atoms with van der Waals surface area (Å²) in [7, 11) is -8.08. The molecule has 0 amide bonds. The fourth-order valence-corrected chi connectivity index (χ4v) is 9.19. The molecule has 0 aliphatic carbocycles. The van der Waals surface area contributed by atoms with Gasteiger partial charge in [-0.3, -0.25) is 10.2 Å². The van der Waals surface area contributed by atoms with Crippen LogP contribution in [0.15, 0.2) is 97.1 Å². The molecule has 46 heavy (non-hydrogen) atoms. The van der Waals surface area contributed by atoms with Crippen molar-refractivity contribution in [3.05, 3.63) is 142 Å². The van der Waals surface area contributed by atoms with Crippen molar-refractivity contribution in [1.29, 1.82) is 0 Å².